The Morgan fingerprint density at radius 2 is 1.90 bits per heavy atom. The summed E-state index contributed by atoms with van der Waals surface area (Å²) in [5.41, 5.74) is -0.427. The van der Waals surface area contributed by atoms with Crippen molar-refractivity contribution in [2.45, 2.75) is 37.4 Å². The molecule has 5 nitrogen and oxygen atoms in total. The number of halogens is 1. The molecule has 0 aromatic heterocycles. The highest BCUT2D eigenvalue weighted by molar-refractivity contribution is 7.93. The van der Waals surface area contributed by atoms with Gasteiger partial charge in [-0.3, -0.25) is 4.72 Å². The lowest BCUT2D eigenvalue weighted by atomic mass is 10.0. The van der Waals surface area contributed by atoms with Crippen LogP contribution in [0.4, 0.5) is 10.1 Å². The van der Waals surface area contributed by atoms with E-state index >= 15 is 0 Å². The normalized spacial score (nSPS) is 16.9. The summed E-state index contributed by atoms with van der Waals surface area (Å²) in [6, 6.07) is 3.12. The van der Waals surface area contributed by atoms with Gasteiger partial charge in [-0.25, -0.2) is 17.6 Å². The van der Waals surface area contributed by atoms with E-state index in [-0.39, 0.29) is 11.3 Å². The van der Waals surface area contributed by atoms with Crippen LogP contribution in [0.2, 0.25) is 0 Å². The number of nitrogens with one attached hydrogen (secondary N) is 1. The SMILES string of the molecule is O=C(O)c1ccc(NS(=O)(=O)C2CCCCC2)c(F)c1. The summed E-state index contributed by atoms with van der Waals surface area (Å²) in [6.07, 6.45) is 3.88. The summed E-state index contributed by atoms with van der Waals surface area (Å²) in [6.45, 7) is 0. The number of carboxylic acids is 1. The summed E-state index contributed by atoms with van der Waals surface area (Å²) in [4.78, 5) is 10.7. The predicted molar refractivity (Wildman–Crippen MR) is 72.8 cm³/mol. The fourth-order valence-corrected chi connectivity index (χ4v) is 3.94. The van der Waals surface area contributed by atoms with Crippen molar-refractivity contribution in [1.29, 1.82) is 0 Å². The molecule has 0 spiro atoms. The minimum absolute atomic E-state index is 0.208. The number of hydrogen-bond acceptors (Lipinski definition) is 3. The third kappa shape index (κ3) is 3.27. The molecule has 1 saturated carbocycles. The van der Waals surface area contributed by atoms with Gasteiger partial charge in [0.05, 0.1) is 16.5 Å². The van der Waals surface area contributed by atoms with Crippen molar-refractivity contribution < 1.29 is 22.7 Å². The molecule has 2 rings (SSSR count). The molecule has 0 heterocycles. The van der Waals surface area contributed by atoms with Crippen LogP contribution in [0.15, 0.2) is 18.2 Å². The molecule has 7 heteroatoms. The molecule has 0 amide bonds. The molecule has 0 saturated heterocycles. The Morgan fingerprint density at radius 3 is 2.45 bits per heavy atom. The van der Waals surface area contributed by atoms with Crippen molar-refractivity contribution >= 4 is 21.7 Å². The number of benzene rings is 1. The average molecular weight is 301 g/mol. The van der Waals surface area contributed by atoms with E-state index in [1.807, 2.05) is 0 Å². The molecule has 0 bridgehead atoms. The molecule has 1 aliphatic rings. The zero-order valence-electron chi connectivity index (χ0n) is 10.8. The Bertz CT molecular complexity index is 609. The fourth-order valence-electron chi connectivity index (χ4n) is 2.34. The molecular formula is C13H16FNO4S. The average Bonchev–Trinajstić information content (AvgIpc) is 2.41. The number of rotatable bonds is 4. The van der Waals surface area contributed by atoms with Gasteiger partial charge in [0.1, 0.15) is 5.82 Å². The van der Waals surface area contributed by atoms with Gasteiger partial charge in [-0.15, -0.1) is 0 Å². The van der Waals surface area contributed by atoms with E-state index in [1.54, 1.807) is 0 Å². The van der Waals surface area contributed by atoms with Gasteiger partial charge in [0, 0.05) is 0 Å². The number of anilines is 1. The maximum absolute atomic E-state index is 13.7. The first-order valence-corrected chi connectivity index (χ1v) is 7.99. The molecule has 0 unspecified atom stereocenters. The minimum Gasteiger partial charge on any atom is -0.478 e. The molecule has 20 heavy (non-hydrogen) atoms. The molecule has 110 valence electrons. The lowest BCUT2D eigenvalue weighted by molar-refractivity contribution is 0.0696. The fraction of sp³-hybridized carbons (Fsp3) is 0.462. The van der Waals surface area contributed by atoms with Crippen LogP contribution >= 0.6 is 0 Å². The summed E-state index contributed by atoms with van der Waals surface area (Å²) < 4.78 is 40.2. The largest absolute Gasteiger partial charge is 0.478 e. The second-order valence-corrected chi connectivity index (χ2v) is 6.87. The van der Waals surface area contributed by atoms with E-state index in [1.165, 1.54) is 6.07 Å². The summed E-state index contributed by atoms with van der Waals surface area (Å²) >= 11 is 0. The Hall–Kier alpha value is -1.63. The van der Waals surface area contributed by atoms with Gasteiger partial charge in [0.15, 0.2) is 0 Å². The Labute approximate surface area is 116 Å². The van der Waals surface area contributed by atoms with Crippen LogP contribution in [0, 0.1) is 5.82 Å². The lowest BCUT2D eigenvalue weighted by Gasteiger charge is -2.22. The summed E-state index contributed by atoms with van der Waals surface area (Å²) in [7, 11) is -3.63. The molecule has 1 aliphatic carbocycles. The maximum Gasteiger partial charge on any atom is 0.335 e. The first kappa shape index (κ1) is 14.8. The van der Waals surface area contributed by atoms with Crippen molar-refractivity contribution in [3.05, 3.63) is 29.6 Å². The highest BCUT2D eigenvalue weighted by atomic mass is 32.2. The van der Waals surface area contributed by atoms with Crippen LogP contribution < -0.4 is 4.72 Å². The molecule has 1 fully saturated rings. The van der Waals surface area contributed by atoms with Gasteiger partial charge < -0.3 is 5.11 Å². The topological polar surface area (TPSA) is 83.5 Å². The number of aromatic carboxylic acids is 1. The highest BCUT2D eigenvalue weighted by Crippen LogP contribution is 2.26. The zero-order valence-corrected chi connectivity index (χ0v) is 11.6. The Balaban J connectivity index is 2.18. The second-order valence-electron chi connectivity index (χ2n) is 4.91. The molecule has 0 atom stereocenters. The first-order valence-electron chi connectivity index (χ1n) is 6.44. The maximum atomic E-state index is 13.7. The molecular weight excluding hydrogens is 285 g/mol. The number of carboxylic acid groups (broad SMARTS) is 1. The van der Waals surface area contributed by atoms with Crippen LogP contribution in [0.1, 0.15) is 42.5 Å². The highest BCUT2D eigenvalue weighted by Gasteiger charge is 2.28. The Kier molecular flexibility index (Phi) is 4.27. The van der Waals surface area contributed by atoms with Crippen LogP contribution in [0.3, 0.4) is 0 Å². The monoisotopic (exact) mass is 301 g/mol. The van der Waals surface area contributed by atoms with E-state index in [4.69, 9.17) is 5.11 Å². The van der Waals surface area contributed by atoms with Crippen molar-refractivity contribution in [2.75, 3.05) is 4.72 Å². The van der Waals surface area contributed by atoms with E-state index in [2.05, 4.69) is 4.72 Å². The molecule has 1 aromatic rings. The van der Waals surface area contributed by atoms with Crippen LogP contribution in [0.25, 0.3) is 0 Å². The van der Waals surface area contributed by atoms with Crippen LogP contribution in [0.5, 0.6) is 0 Å². The minimum atomic E-state index is -3.63. The Morgan fingerprint density at radius 1 is 1.25 bits per heavy atom. The van der Waals surface area contributed by atoms with Gasteiger partial charge in [0.2, 0.25) is 10.0 Å². The van der Waals surface area contributed by atoms with Crippen molar-refractivity contribution in [3.8, 4) is 0 Å². The van der Waals surface area contributed by atoms with Gasteiger partial charge in [-0.1, -0.05) is 19.3 Å². The third-order valence-corrected chi connectivity index (χ3v) is 5.31. The van der Waals surface area contributed by atoms with Crippen molar-refractivity contribution in [2.24, 2.45) is 0 Å². The van der Waals surface area contributed by atoms with Crippen molar-refractivity contribution in [1.82, 2.24) is 0 Å². The predicted octanol–water partition coefficient (Wildman–Crippen LogP) is 2.60. The zero-order chi connectivity index (χ0) is 14.8. The first-order chi connectivity index (χ1) is 9.40. The van der Waals surface area contributed by atoms with E-state index < -0.39 is 27.1 Å². The number of sulfonamides is 1. The number of hydrogen-bond donors (Lipinski definition) is 2. The van der Waals surface area contributed by atoms with Gasteiger partial charge in [0.25, 0.3) is 0 Å². The summed E-state index contributed by atoms with van der Waals surface area (Å²) in [5.74, 6) is -2.14. The summed E-state index contributed by atoms with van der Waals surface area (Å²) in [5, 5.41) is 8.23. The third-order valence-electron chi connectivity index (χ3n) is 3.46. The standard InChI is InChI=1S/C13H16FNO4S/c14-11-8-9(13(16)17)6-7-12(11)15-20(18,19)10-4-2-1-3-5-10/h6-8,10,15H,1-5H2,(H,16,17). The van der Waals surface area contributed by atoms with Crippen LogP contribution in [-0.4, -0.2) is 24.7 Å². The molecule has 0 radical (unpaired) electrons. The van der Waals surface area contributed by atoms with E-state index in [0.717, 1.165) is 31.4 Å². The molecule has 2 N–H and O–H groups in total. The van der Waals surface area contributed by atoms with Crippen LogP contribution in [-0.2, 0) is 10.0 Å². The quantitative estimate of drug-likeness (QED) is 0.895. The van der Waals surface area contributed by atoms with E-state index in [0.29, 0.717) is 12.8 Å². The van der Waals surface area contributed by atoms with Gasteiger partial charge in [-0.05, 0) is 31.0 Å². The smallest absolute Gasteiger partial charge is 0.335 e. The lowest BCUT2D eigenvalue weighted by Crippen LogP contribution is -2.30. The van der Waals surface area contributed by atoms with Gasteiger partial charge in [-0.2, -0.15) is 0 Å². The molecule has 0 aliphatic heterocycles. The molecule has 1 aromatic carbocycles. The number of carbonyl (C=O) groups is 1. The second kappa shape index (κ2) is 5.78. The van der Waals surface area contributed by atoms with Crippen molar-refractivity contribution in [3.63, 3.8) is 0 Å². The van der Waals surface area contributed by atoms with E-state index in [9.17, 15) is 17.6 Å². The van der Waals surface area contributed by atoms with Gasteiger partial charge >= 0.3 is 5.97 Å².